The molecule has 28 heavy (non-hydrogen) atoms. The number of hydrogen-bond acceptors (Lipinski definition) is 4. The number of nitrogens with zero attached hydrogens (tertiary/aromatic N) is 4. The van der Waals surface area contributed by atoms with Gasteiger partial charge in [-0.15, -0.1) is 0 Å². The van der Waals surface area contributed by atoms with Crippen molar-refractivity contribution in [2.24, 2.45) is 5.73 Å². The number of piperidine rings is 1. The van der Waals surface area contributed by atoms with Crippen LogP contribution in [-0.4, -0.2) is 82.1 Å². The van der Waals surface area contributed by atoms with Crippen LogP contribution in [0.3, 0.4) is 0 Å². The van der Waals surface area contributed by atoms with Crippen LogP contribution in [-0.2, 0) is 11.2 Å². The van der Waals surface area contributed by atoms with Gasteiger partial charge in [0, 0.05) is 50.7 Å². The van der Waals surface area contributed by atoms with Crippen molar-refractivity contribution in [3.05, 3.63) is 36.4 Å². The quantitative estimate of drug-likeness (QED) is 0.823. The molecule has 8 heteroatoms. The number of nitrogens with two attached hydrogens (primary N) is 1. The molecule has 1 aromatic carbocycles. The Balaban J connectivity index is 1.22. The Morgan fingerprint density at radius 3 is 2.57 bits per heavy atom. The summed E-state index contributed by atoms with van der Waals surface area (Å²) in [6.45, 7) is 4.75. The lowest BCUT2D eigenvalue weighted by molar-refractivity contribution is -0.129. The standard InChI is InChI=1S/C20H27N6O2/c21-20(28)26-7-5-17(6-8-26)24-9-11-25(12-10-24)19(27)4-2-15-1-3-18-16(13-15)14-22-23-18/h1,3-4,13-14,17H,2,5-12H2,(H2,21,28)(H,22,23). The fourth-order valence-electron chi connectivity index (χ4n) is 4.21. The van der Waals surface area contributed by atoms with E-state index >= 15 is 0 Å². The highest BCUT2D eigenvalue weighted by Crippen LogP contribution is 2.19. The van der Waals surface area contributed by atoms with Crippen LogP contribution in [0.1, 0.15) is 18.4 Å². The fourth-order valence-corrected chi connectivity index (χ4v) is 4.21. The Labute approximate surface area is 164 Å². The van der Waals surface area contributed by atoms with Crippen molar-refractivity contribution in [3.63, 3.8) is 0 Å². The van der Waals surface area contributed by atoms with Crippen LogP contribution in [0.5, 0.6) is 0 Å². The number of amides is 3. The zero-order valence-corrected chi connectivity index (χ0v) is 16.0. The number of nitrogens with one attached hydrogen (secondary N) is 1. The molecule has 4 rings (SSSR count). The van der Waals surface area contributed by atoms with Crippen LogP contribution in [0.25, 0.3) is 10.9 Å². The van der Waals surface area contributed by atoms with Gasteiger partial charge in [0.25, 0.3) is 0 Å². The molecule has 1 radical (unpaired) electrons. The van der Waals surface area contributed by atoms with Crippen molar-refractivity contribution in [3.8, 4) is 0 Å². The van der Waals surface area contributed by atoms with Gasteiger partial charge in [0.15, 0.2) is 0 Å². The number of rotatable bonds is 4. The van der Waals surface area contributed by atoms with Crippen LogP contribution in [0.2, 0.25) is 0 Å². The van der Waals surface area contributed by atoms with E-state index in [2.05, 4.69) is 21.2 Å². The summed E-state index contributed by atoms with van der Waals surface area (Å²) in [7, 11) is 0. The number of hydrogen-bond donors (Lipinski definition) is 2. The lowest BCUT2D eigenvalue weighted by atomic mass is 10.0. The average molecular weight is 383 g/mol. The van der Waals surface area contributed by atoms with E-state index < -0.39 is 0 Å². The number of piperazine rings is 1. The third kappa shape index (κ3) is 4.11. The summed E-state index contributed by atoms with van der Waals surface area (Å²) in [4.78, 5) is 29.9. The van der Waals surface area contributed by atoms with Gasteiger partial charge < -0.3 is 15.5 Å². The first-order valence-corrected chi connectivity index (χ1v) is 9.93. The first-order chi connectivity index (χ1) is 13.6. The summed E-state index contributed by atoms with van der Waals surface area (Å²) in [6, 6.07) is 6.26. The molecule has 2 fully saturated rings. The molecule has 0 bridgehead atoms. The number of carbonyl (C=O) groups excluding carboxylic acids is 2. The van der Waals surface area contributed by atoms with Gasteiger partial charge in [-0.25, -0.2) is 4.79 Å². The second kappa shape index (κ2) is 8.18. The molecule has 3 N–H and O–H groups in total. The summed E-state index contributed by atoms with van der Waals surface area (Å²) < 4.78 is 0. The van der Waals surface area contributed by atoms with Crippen LogP contribution < -0.4 is 5.73 Å². The predicted molar refractivity (Wildman–Crippen MR) is 106 cm³/mol. The van der Waals surface area contributed by atoms with E-state index in [1.54, 1.807) is 17.5 Å². The van der Waals surface area contributed by atoms with Gasteiger partial charge in [-0.05, 0) is 37.0 Å². The number of likely N-dealkylation sites (tertiary alicyclic amines) is 1. The topological polar surface area (TPSA) is 98.6 Å². The molecule has 0 spiro atoms. The minimum Gasteiger partial charge on any atom is -0.351 e. The number of aromatic amines is 1. The molecule has 0 atom stereocenters. The van der Waals surface area contributed by atoms with Crippen LogP contribution in [0.4, 0.5) is 4.79 Å². The number of benzene rings is 1. The second-order valence-corrected chi connectivity index (χ2v) is 7.62. The zero-order valence-electron chi connectivity index (χ0n) is 16.0. The summed E-state index contributed by atoms with van der Waals surface area (Å²) in [5.74, 6) is 0.107. The van der Waals surface area contributed by atoms with Crippen LogP contribution in [0.15, 0.2) is 24.4 Å². The summed E-state index contributed by atoms with van der Waals surface area (Å²) >= 11 is 0. The lowest BCUT2D eigenvalue weighted by Gasteiger charge is -2.42. The van der Waals surface area contributed by atoms with Gasteiger partial charge in [0.05, 0.1) is 18.1 Å². The molecule has 2 saturated heterocycles. The minimum atomic E-state index is -0.323. The first kappa shape index (κ1) is 18.7. The number of primary amides is 1. The van der Waals surface area contributed by atoms with E-state index in [1.165, 1.54) is 0 Å². The third-order valence-electron chi connectivity index (χ3n) is 5.94. The number of fused-ring (bicyclic) bond motifs is 1. The number of H-pyrrole nitrogens is 1. The molecule has 2 aliphatic rings. The van der Waals surface area contributed by atoms with E-state index in [-0.39, 0.29) is 11.9 Å². The Morgan fingerprint density at radius 1 is 1.11 bits per heavy atom. The van der Waals surface area contributed by atoms with E-state index in [1.807, 2.05) is 17.0 Å². The molecular weight excluding hydrogens is 356 g/mol. The van der Waals surface area contributed by atoms with Gasteiger partial charge in [-0.2, -0.15) is 5.10 Å². The normalized spacial score (nSPS) is 19.3. The monoisotopic (exact) mass is 383 g/mol. The molecule has 149 valence electrons. The van der Waals surface area contributed by atoms with Gasteiger partial charge in [-0.1, -0.05) is 6.07 Å². The highest BCUT2D eigenvalue weighted by atomic mass is 16.2. The molecule has 8 nitrogen and oxygen atoms in total. The van der Waals surface area contributed by atoms with Crippen molar-refractivity contribution in [1.29, 1.82) is 0 Å². The molecule has 0 unspecified atom stereocenters. The molecule has 0 saturated carbocycles. The third-order valence-corrected chi connectivity index (χ3v) is 5.94. The first-order valence-electron chi connectivity index (χ1n) is 9.93. The Bertz CT molecular complexity index is 834. The smallest absolute Gasteiger partial charge is 0.314 e. The summed E-state index contributed by atoms with van der Waals surface area (Å²) in [5, 5.41) is 8.03. The Morgan fingerprint density at radius 2 is 1.86 bits per heavy atom. The van der Waals surface area contributed by atoms with Gasteiger partial charge in [0.1, 0.15) is 0 Å². The Kier molecular flexibility index (Phi) is 5.47. The van der Waals surface area contributed by atoms with Crippen molar-refractivity contribution in [2.45, 2.75) is 25.3 Å². The molecule has 0 aliphatic carbocycles. The molecule has 1 aromatic heterocycles. The zero-order chi connectivity index (χ0) is 19.5. The van der Waals surface area contributed by atoms with E-state index in [0.29, 0.717) is 12.5 Å². The highest BCUT2D eigenvalue weighted by Gasteiger charge is 2.29. The van der Waals surface area contributed by atoms with E-state index in [0.717, 1.165) is 68.6 Å². The number of aromatic nitrogens is 2. The van der Waals surface area contributed by atoms with Crippen LogP contribution >= 0.6 is 0 Å². The fraction of sp³-hybridized carbons (Fsp3) is 0.500. The summed E-state index contributed by atoms with van der Waals surface area (Å²) in [6.07, 6.45) is 6.13. The van der Waals surface area contributed by atoms with Crippen molar-refractivity contribution < 1.29 is 9.59 Å². The van der Waals surface area contributed by atoms with Crippen molar-refractivity contribution in [2.75, 3.05) is 39.3 Å². The van der Waals surface area contributed by atoms with Gasteiger partial charge >= 0.3 is 6.03 Å². The molecular formula is C20H27N6O2. The van der Waals surface area contributed by atoms with Gasteiger partial charge in [0.2, 0.25) is 5.91 Å². The molecule has 3 amide bonds. The second-order valence-electron chi connectivity index (χ2n) is 7.62. The largest absolute Gasteiger partial charge is 0.351 e. The lowest BCUT2D eigenvalue weighted by Crippen LogP contribution is -2.55. The highest BCUT2D eigenvalue weighted by molar-refractivity contribution is 5.85. The predicted octanol–water partition coefficient (Wildman–Crippen LogP) is 0.997. The Hall–Kier alpha value is -2.61. The maximum absolute atomic E-state index is 12.6. The van der Waals surface area contributed by atoms with E-state index in [9.17, 15) is 9.59 Å². The van der Waals surface area contributed by atoms with E-state index in [4.69, 9.17) is 5.73 Å². The minimum absolute atomic E-state index is 0.107. The van der Waals surface area contributed by atoms with Crippen LogP contribution in [0, 0.1) is 6.42 Å². The summed E-state index contributed by atoms with van der Waals surface area (Å²) in [5.41, 5.74) is 7.48. The maximum atomic E-state index is 12.6. The number of carbonyl (C=O) groups is 2. The number of urea groups is 1. The van der Waals surface area contributed by atoms with Crippen molar-refractivity contribution in [1.82, 2.24) is 24.9 Å². The van der Waals surface area contributed by atoms with Crippen molar-refractivity contribution >= 4 is 22.8 Å². The molecule has 2 aliphatic heterocycles. The molecule has 2 aromatic rings. The molecule has 3 heterocycles. The average Bonchev–Trinajstić information content (AvgIpc) is 3.20. The maximum Gasteiger partial charge on any atom is 0.314 e. The van der Waals surface area contributed by atoms with Gasteiger partial charge in [-0.3, -0.25) is 14.8 Å². The SMILES string of the molecule is NC(=O)N1CCC(N2CCN(C(=O)[CH]Cc3ccc4[nH]ncc4c3)CC2)CC1.